The van der Waals surface area contributed by atoms with Gasteiger partial charge in [0.2, 0.25) is 0 Å². The van der Waals surface area contributed by atoms with Crippen molar-refractivity contribution in [3.63, 3.8) is 0 Å². The Labute approximate surface area is 185 Å². The number of hydrogen-bond acceptors (Lipinski definition) is 8. The molecule has 0 fully saturated rings. The van der Waals surface area contributed by atoms with E-state index < -0.39 is 60.1 Å². The van der Waals surface area contributed by atoms with Crippen LogP contribution in [0.4, 0.5) is 0 Å². The molecule has 0 atom stereocenters. The maximum absolute atomic E-state index is 11.9. The zero-order chi connectivity index (χ0) is 24.0. The van der Waals surface area contributed by atoms with Crippen molar-refractivity contribution in [1.29, 1.82) is 0 Å². The average Bonchev–Trinajstić information content (AvgIpc) is 2.61. The van der Waals surface area contributed by atoms with Gasteiger partial charge in [0.05, 0.1) is 0 Å². The Bertz CT molecular complexity index is 1630. The Hall–Kier alpha value is -2.48. The van der Waals surface area contributed by atoms with Gasteiger partial charge in [-0.2, -0.15) is 33.7 Å². The largest absolute Gasteiger partial charge is 0.412 e. The molecule has 17 heteroatoms. The molecule has 0 bridgehead atoms. The summed E-state index contributed by atoms with van der Waals surface area (Å²) in [5.74, 6) is 0. The smallest absolute Gasteiger partial charge is 0.295 e. The van der Waals surface area contributed by atoms with E-state index in [4.69, 9.17) is 0 Å². The Kier molecular flexibility index (Phi) is 5.53. The van der Waals surface area contributed by atoms with Gasteiger partial charge in [-0.1, -0.05) is 24.3 Å². The molecule has 0 heterocycles. The highest BCUT2D eigenvalue weighted by Gasteiger charge is 2.29. The predicted molar refractivity (Wildman–Crippen MR) is 113 cm³/mol. The third-order valence-corrected chi connectivity index (χ3v) is 8.43. The van der Waals surface area contributed by atoms with Gasteiger partial charge < -0.3 is 5.48 Å². The number of benzene rings is 4. The fourth-order valence-corrected chi connectivity index (χ4v) is 6.73. The second kappa shape index (κ2) is 7.26. The topological polar surface area (TPSA) is 249 Å². The first-order valence-electron chi connectivity index (χ1n) is 8.11. The van der Waals surface area contributed by atoms with E-state index in [9.17, 15) is 51.9 Å². The third-order valence-electron chi connectivity index (χ3n) is 4.86. The Morgan fingerprint density at radius 1 is 0.424 bits per heavy atom. The Morgan fingerprint density at radius 2 is 0.606 bits per heavy atom. The molecule has 178 valence electrons. The van der Waals surface area contributed by atoms with Crippen LogP contribution < -0.4 is 0 Å². The van der Waals surface area contributed by atoms with Crippen molar-refractivity contribution in [2.24, 2.45) is 0 Å². The van der Waals surface area contributed by atoms with E-state index in [0.29, 0.717) is 12.1 Å². The van der Waals surface area contributed by atoms with E-state index in [1.54, 1.807) is 0 Å². The molecule has 0 saturated heterocycles. The van der Waals surface area contributed by atoms with Gasteiger partial charge in [-0.05, 0) is 12.1 Å². The maximum atomic E-state index is 11.9. The molecular weight excluding hydrogens is 528 g/mol. The average molecular weight is 541 g/mol. The van der Waals surface area contributed by atoms with E-state index in [-0.39, 0.29) is 37.8 Å². The molecule has 0 unspecified atom stereocenters. The van der Waals surface area contributed by atoms with Gasteiger partial charge in [-0.25, -0.2) is 0 Å². The van der Waals surface area contributed by atoms with Gasteiger partial charge in [0, 0.05) is 32.3 Å². The van der Waals surface area contributed by atoms with Crippen LogP contribution in [-0.4, -0.2) is 57.4 Å². The highest BCUT2D eigenvalue weighted by Crippen LogP contribution is 2.44. The van der Waals surface area contributed by atoms with E-state index in [1.165, 1.54) is 0 Å². The summed E-state index contributed by atoms with van der Waals surface area (Å²) in [6.07, 6.45) is 0. The fourth-order valence-electron chi connectivity index (χ4n) is 3.72. The van der Waals surface area contributed by atoms with Crippen LogP contribution in [0.15, 0.2) is 56.0 Å². The standard InChI is InChI=1S/C16H10O12S4.H2O/c17-29(18,19)11-5-13(31(23,24)25)9-3-4-10-14(32(26,27)28)6-12(30(20,21)22)8-2-1-7(11)15(9)16(8)10;/h1-6H,(H,17,18,19)(H,20,21,22)(H,23,24,25)(H,26,27,28);1H2. The van der Waals surface area contributed by atoms with Gasteiger partial charge in [-0.15, -0.1) is 0 Å². The highest BCUT2D eigenvalue weighted by atomic mass is 32.2. The molecular formula is C16H12O13S4. The molecule has 0 saturated carbocycles. The predicted octanol–water partition coefficient (Wildman–Crippen LogP) is 0.746. The fraction of sp³-hybridized carbons (Fsp3) is 0. The Morgan fingerprint density at radius 3 is 0.758 bits per heavy atom. The van der Waals surface area contributed by atoms with Crippen LogP contribution in [-0.2, 0) is 40.5 Å². The zero-order valence-electron chi connectivity index (χ0n) is 15.7. The second-order valence-electron chi connectivity index (χ2n) is 6.72. The molecule has 0 aliphatic carbocycles. The molecule has 0 amide bonds. The van der Waals surface area contributed by atoms with Crippen molar-refractivity contribution in [1.82, 2.24) is 0 Å². The van der Waals surface area contributed by atoms with E-state index in [2.05, 4.69) is 0 Å². The zero-order valence-corrected chi connectivity index (χ0v) is 18.9. The molecule has 0 radical (unpaired) electrons. The minimum absolute atomic E-state index is 0. The van der Waals surface area contributed by atoms with E-state index in [0.717, 1.165) is 24.3 Å². The first-order valence-corrected chi connectivity index (χ1v) is 13.9. The van der Waals surface area contributed by atoms with Gasteiger partial charge in [0.25, 0.3) is 40.5 Å². The van der Waals surface area contributed by atoms with Crippen LogP contribution in [0.25, 0.3) is 32.3 Å². The van der Waals surface area contributed by atoms with Crippen molar-refractivity contribution in [2.45, 2.75) is 19.6 Å². The summed E-state index contributed by atoms with van der Waals surface area (Å²) in [4.78, 5) is -3.90. The van der Waals surface area contributed by atoms with Crippen LogP contribution in [0.3, 0.4) is 0 Å². The van der Waals surface area contributed by atoms with Crippen molar-refractivity contribution in [3.8, 4) is 0 Å². The van der Waals surface area contributed by atoms with Crippen LogP contribution in [0.2, 0.25) is 0 Å². The number of hydrogen-bond donors (Lipinski definition) is 4. The summed E-state index contributed by atoms with van der Waals surface area (Å²) in [6, 6.07) is 4.98. The Balaban J connectivity index is 0.00000306. The van der Waals surface area contributed by atoms with Gasteiger partial charge in [-0.3, -0.25) is 18.2 Å². The first-order chi connectivity index (χ1) is 14.4. The molecule has 0 aliphatic heterocycles. The molecule has 0 aliphatic rings. The lowest BCUT2D eigenvalue weighted by Crippen LogP contribution is -2.08. The molecule has 0 aromatic heterocycles. The molecule has 4 aromatic carbocycles. The maximum Gasteiger partial charge on any atom is 0.295 e. The summed E-state index contributed by atoms with van der Waals surface area (Å²) in [6.45, 7) is 0. The van der Waals surface area contributed by atoms with Crippen LogP contribution in [0.1, 0.15) is 0 Å². The van der Waals surface area contributed by atoms with Crippen molar-refractivity contribution < 1.29 is 57.4 Å². The minimum atomic E-state index is -5.10. The monoisotopic (exact) mass is 540 g/mol. The first kappa shape index (κ1) is 25.1. The van der Waals surface area contributed by atoms with E-state index >= 15 is 0 Å². The van der Waals surface area contributed by atoms with Crippen LogP contribution >= 0.6 is 0 Å². The summed E-state index contributed by atoms with van der Waals surface area (Å²) in [5.41, 5.74) is 0. The summed E-state index contributed by atoms with van der Waals surface area (Å²) in [7, 11) is -20.4. The molecule has 33 heavy (non-hydrogen) atoms. The lowest BCUT2D eigenvalue weighted by molar-refractivity contribution is 0.478. The van der Waals surface area contributed by atoms with Gasteiger partial charge >= 0.3 is 0 Å². The van der Waals surface area contributed by atoms with Crippen molar-refractivity contribution in [2.75, 3.05) is 0 Å². The molecule has 13 nitrogen and oxygen atoms in total. The molecule has 0 spiro atoms. The lowest BCUT2D eigenvalue weighted by atomic mass is 9.94. The van der Waals surface area contributed by atoms with Crippen molar-refractivity contribution >= 4 is 72.8 Å². The SMILES string of the molecule is O.O=S(=O)(O)c1cc(S(=O)(=O)O)c2ccc3c(S(=O)(=O)O)cc(S(=O)(=O)O)c4ccc1c2c43. The molecule has 4 aromatic rings. The second-order valence-corrected chi connectivity index (χ2v) is 12.3. The summed E-state index contributed by atoms with van der Waals surface area (Å²) < 4.78 is 134. The van der Waals surface area contributed by atoms with Crippen LogP contribution in [0, 0.1) is 0 Å². The van der Waals surface area contributed by atoms with Crippen LogP contribution in [0.5, 0.6) is 0 Å². The quantitative estimate of drug-likeness (QED) is 0.207. The van der Waals surface area contributed by atoms with Crippen molar-refractivity contribution in [3.05, 3.63) is 36.4 Å². The lowest BCUT2D eigenvalue weighted by Gasteiger charge is -2.17. The van der Waals surface area contributed by atoms with Gasteiger partial charge in [0.15, 0.2) is 0 Å². The summed E-state index contributed by atoms with van der Waals surface area (Å²) >= 11 is 0. The minimum Gasteiger partial charge on any atom is -0.412 e. The molecule has 6 N–H and O–H groups in total. The number of rotatable bonds is 4. The van der Waals surface area contributed by atoms with E-state index in [1.807, 2.05) is 0 Å². The summed E-state index contributed by atoms with van der Waals surface area (Å²) in [5, 5.41) is -2.11. The normalized spacial score (nSPS) is 13.6. The van der Waals surface area contributed by atoms with Gasteiger partial charge in [0.1, 0.15) is 19.6 Å². The highest BCUT2D eigenvalue weighted by molar-refractivity contribution is 7.87. The third kappa shape index (κ3) is 3.92. The molecule has 4 rings (SSSR count).